The molecule has 0 saturated carbocycles. The van der Waals surface area contributed by atoms with Crippen molar-refractivity contribution in [1.29, 1.82) is 0 Å². The molecule has 2 rings (SSSR count). The van der Waals surface area contributed by atoms with Crippen LogP contribution in [0, 0.1) is 0 Å². The first-order valence-corrected chi connectivity index (χ1v) is 7.04. The molecule has 17 heavy (non-hydrogen) atoms. The highest BCUT2D eigenvalue weighted by atomic mass is 35.5. The third-order valence-electron chi connectivity index (χ3n) is 2.95. The summed E-state index contributed by atoms with van der Waals surface area (Å²) in [5.41, 5.74) is 7.03. The first-order chi connectivity index (χ1) is 8.31. The highest BCUT2D eigenvalue weighted by molar-refractivity contribution is 7.09. The van der Waals surface area contributed by atoms with Crippen molar-refractivity contribution >= 4 is 22.9 Å². The van der Waals surface area contributed by atoms with Crippen molar-refractivity contribution in [3.05, 3.63) is 57.2 Å². The Labute approximate surface area is 111 Å². The van der Waals surface area contributed by atoms with E-state index in [1.807, 2.05) is 18.2 Å². The van der Waals surface area contributed by atoms with Gasteiger partial charge < -0.3 is 5.73 Å². The molecular formula is C14H16ClNS. The average Bonchev–Trinajstić information content (AvgIpc) is 2.85. The molecule has 0 radical (unpaired) electrons. The van der Waals surface area contributed by atoms with Crippen LogP contribution in [0.2, 0.25) is 5.02 Å². The Morgan fingerprint density at radius 2 is 2.00 bits per heavy atom. The summed E-state index contributed by atoms with van der Waals surface area (Å²) in [6, 6.07) is 12.3. The number of nitrogens with two attached hydrogens (primary N) is 1. The smallest absolute Gasteiger partial charge is 0.0441 e. The van der Waals surface area contributed by atoms with Gasteiger partial charge in [-0.3, -0.25) is 0 Å². The van der Waals surface area contributed by atoms with Gasteiger partial charge in [-0.15, -0.1) is 11.3 Å². The van der Waals surface area contributed by atoms with Gasteiger partial charge in [0.2, 0.25) is 0 Å². The van der Waals surface area contributed by atoms with E-state index in [9.17, 15) is 0 Å². The van der Waals surface area contributed by atoms with Crippen LogP contribution in [0.4, 0.5) is 0 Å². The Morgan fingerprint density at radius 3 is 2.65 bits per heavy atom. The van der Waals surface area contributed by atoms with Gasteiger partial charge in [-0.05, 0) is 48.4 Å². The van der Waals surface area contributed by atoms with E-state index in [0.717, 1.165) is 17.9 Å². The number of aryl methyl sites for hydroxylation is 1. The molecule has 0 spiro atoms. The van der Waals surface area contributed by atoms with Crippen molar-refractivity contribution in [2.75, 3.05) is 6.54 Å². The van der Waals surface area contributed by atoms with Crippen LogP contribution in [-0.4, -0.2) is 6.54 Å². The van der Waals surface area contributed by atoms with Gasteiger partial charge in [0.25, 0.3) is 0 Å². The molecule has 0 fully saturated rings. The van der Waals surface area contributed by atoms with E-state index in [4.69, 9.17) is 17.3 Å². The first kappa shape index (κ1) is 12.6. The summed E-state index contributed by atoms with van der Waals surface area (Å²) < 4.78 is 0. The molecule has 3 heteroatoms. The van der Waals surface area contributed by atoms with E-state index in [0.29, 0.717) is 12.5 Å². The van der Waals surface area contributed by atoms with Gasteiger partial charge in [-0.2, -0.15) is 0 Å². The second kappa shape index (κ2) is 6.20. The quantitative estimate of drug-likeness (QED) is 0.866. The normalized spacial score (nSPS) is 12.6. The van der Waals surface area contributed by atoms with Crippen molar-refractivity contribution in [1.82, 2.24) is 0 Å². The predicted molar refractivity (Wildman–Crippen MR) is 75.9 cm³/mol. The lowest BCUT2D eigenvalue weighted by Crippen LogP contribution is -2.13. The standard InChI is InChI=1S/C14H16ClNS/c15-14-6-2-1-5-13(14)11(10-16)7-8-12-4-3-9-17-12/h1-6,9,11H,7-8,10,16H2. The van der Waals surface area contributed by atoms with Crippen LogP contribution < -0.4 is 5.73 Å². The van der Waals surface area contributed by atoms with E-state index in [1.165, 1.54) is 10.4 Å². The minimum absolute atomic E-state index is 0.353. The molecule has 0 amide bonds. The summed E-state index contributed by atoms with van der Waals surface area (Å²) in [5.74, 6) is 0.353. The molecular weight excluding hydrogens is 250 g/mol. The third-order valence-corrected chi connectivity index (χ3v) is 4.23. The number of hydrogen-bond donors (Lipinski definition) is 1. The Bertz CT molecular complexity index is 453. The fourth-order valence-corrected chi connectivity index (χ4v) is 2.99. The molecule has 0 aliphatic carbocycles. The van der Waals surface area contributed by atoms with Crippen LogP contribution in [0.15, 0.2) is 41.8 Å². The Kier molecular flexibility index (Phi) is 4.60. The van der Waals surface area contributed by atoms with Crippen molar-refractivity contribution in [2.24, 2.45) is 5.73 Å². The summed E-state index contributed by atoms with van der Waals surface area (Å²) in [4.78, 5) is 1.41. The molecule has 0 bridgehead atoms. The van der Waals surface area contributed by atoms with Crippen LogP contribution in [0.5, 0.6) is 0 Å². The van der Waals surface area contributed by atoms with E-state index in [1.54, 1.807) is 11.3 Å². The average molecular weight is 266 g/mol. The predicted octanol–water partition coefficient (Wildman–Crippen LogP) is 4.08. The number of thiophene rings is 1. The topological polar surface area (TPSA) is 26.0 Å². The SMILES string of the molecule is NCC(CCc1cccs1)c1ccccc1Cl. The lowest BCUT2D eigenvalue weighted by Gasteiger charge is -2.16. The van der Waals surface area contributed by atoms with Gasteiger partial charge >= 0.3 is 0 Å². The molecule has 2 N–H and O–H groups in total. The van der Waals surface area contributed by atoms with Gasteiger partial charge in [-0.1, -0.05) is 35.9 Å². The highest BCUT2D eigenvalue weighted by Crippen LogP contribution is 2.27. The Hall–Kier alpha value is -0.830. The fraction of sp³-hybridized carbons (Fsp3) is 0.286. The number of benzene rings is 1. The third kappa shape index (κ3) is 3.32. The van der Waals surface area contributed by atoms with Crippen LogP contribution in [0.25, 0.3) is 0 Å². The number of hydrogen-bond acceptors (Lipinski definition) is 2. The molecule has 0 aliphatic rings. The second-order valence-corrected chi connectivity index (χ2v) is 5.51. The maximum absolute atomic E-state index is 6.21. The van der Waals surface area contributed by atoms with Crippen molar-refractivity contribution < 1.29 is 0 Å². The molecule has 1 atom stereocenters. The van der Waals surface area contributed by atoms with Gasteiger partial charge in [0.05, 0.1) is 0 Å². The fourth-order valence-electron chi connectivity index (χ4n) is 1.98. The van der Waals surface area contributed by atoms with Crippen LogP contribution in [0.3, 0.4) is 0 Å². The summed E-state index contributed by atoms with van der Waals surface area (Å²) in [6.07, 6.45) is 2.13. The molecule has 1 unspecified atom stereocenters. The largest absolute Gasteiger partial charge is 0.330 e. The van der Waals surface area contributed by atoms with Crippen molar-refractivity contribution in [3.63, 3.8) is 0 Å². The maximum Gasteiger partial charge on any atom is 0.0441 e. The zero-order valence-electron chi connectivity index (χ0n) is 9.60. The van der Waals surface area contributed by atoms with E-state index in [-0.39, 0.29) is 0 Å². The minimum Gasteiger partial charge on any atom is -0.330 e. The second-order valence-electron chi connectivity index (χ2n) is 4.07. The number of rotatable bonds is 5. The van der Waals surface area contributed by atoms with E-state index < -0.39 is 0 Å². The van der Waals surface area contributed by atoms with E-state index in [2.05, 4.69) is 23.6 Å². The summed E-state index contributed by atoms with van der Waals surface area (Å²) in [7, 11) is 0. The summed E-state index contributed by atoms with van der Waals surface area (Å²) in [5, 5.41) is 2.94. The van der Waals surface area contributed by atoms with Crippen molar-refractivity contribution in [3.8, 4) is 0 Å². The van der Waals surface area contributed by atoms with Crippen LogP contribution in [-0.2, 0) is 6.42 Å². The lowest BCUT2D eigenvalue weighted by molar-refractivity contribution is 0.637. The lowest BCUT2D eigenvalue weighted by atomic mass is 9.94. The zero-order chi connectivity index (χ0) is 12.1. The molecule has 1 aromatic carbocycles. The van der Waals surface area contributed by atoms with Crippen molar-refractivity contribution in [2.45, 2.75) is 18.8 Å². The molecule has 0 aliphatic heterocycles. The van der Waals surface area contributed by atoms with E-state index >= 15 is 0 Å². The molecule has 90 valence electrons. The minimum atomic E-state index is 0.353. The monoisotopic (exact) mass is 265 g/mol. The molecule has 2 aromatic rings. The molecule has 0 saturated heterocycles. The van der Waals surface area contributed by atoms with Gasteiger partial charge in [-0.25, -0.2) is 0 Å². The molecule has 1 nitrogen and oxygen atoms in total. The van der Waals surface area contributed by atoms with Crippen LogP contribution >= 0.6 is 22.9 Å². The van der Waals surface area contributed by atoms with Gasteiger partial charge in [0.1, 0.15) is 0 Å². The number of halogens is 1. The Balaban J connectivity index is 2.04. The first-order valence-electron chi connectivity index (χ1n) is 5.78. The summed E-state index contributed by atoms with van der Waals surface area (Å²) in [6.45, 7) is 0.648. The van der Waals surface area contributed by atoms with Gasteiger partial charge in [0.15, 0.2) is 0 Å². The maximum atomic E-state index is 6.21. The van der Waals surface area contributed by atoms with Gasteiger partial charge in [0, 0.05) is 9.90 Å². The molecule has 1 aromatic heterocycles. The Morgan fingerprint density at radius 1 is 1.18 bits per heavy atom. The van der Waals surface area contributed by atoms with Crippen LogP contribution in [0.1, 0.15) is 22.8 Å². The molecule has 1 heterocycles. The summed E-state index contributed by atoms with van der Waals surface area (Å²) >= 11 is 8.01. The highest BCUT2D eigenvalue weighted by Gasteiger charge is 2.12. The zero-order valence-corrected chi connectivity index (χ0v) is 11.2.